The summed E-state index contributed by atoms with van der Waals surface area (Å²) in [6.45, 7) is 0. The van der Waals surface area contributed by atoms with Crippen LogP contribution in [0.25, 0.3) is 10.9 Å². The molecule has 0 unspecified atom stereocenters. The van der Waals surface area contributed by atoms with Crippen LogP contribution in [-0.2, 0) is 7.05 Å². The number of fused-ring (bicyclic) bond motifs is 4. The lowest BCUT2D eigenvalue weighted by Gasteiger charge is -2.18. The Morgan fingerprint density at radius 2 is 1.50 bits per heavy atom. The maximum absolute atomic E-state index is 12.7. The van der Waals surface area contributed by atoms with Crippen molar-refractivity contribution in [1.29, 1.82) is 0 Å². The first-order chi connectivity index (χ1) is 9.68. The molecule has 0 aliphatic heterocycles. The molecule has 0 radical (unpaired) electrons. The number of nitrogens with zero attached hydrogens (tertiary/aromatic N) is 1. The van der Waals surface area contributed by atoms with Crippen molar-refractivity contribution in [1.82, 2.24) is 4.57 Å². The Morgan fingerprint density at radius 1 is 0.800 bits per heavy atom. The zero-order valence-corrected chi connectivity index (χ0v) is 10.9. The molecule has 4 rings (SSSR count). The van der Waals surface area contributed by atoms with Gasteiger partial charge in [0.15, 0.2) is 11.6 Å². The molecule has 1 aromatic heterocycles. The minimum atomic E-state index is -0.0686. The molecule has 3 heteroatoms. The highest BCUT2D eigenvalue weighted by Gasteiger charge is 2.30. The molecule has 0 N–H and O–H groups in total. The van der Waals surface area contributed by atoms with Crippen LogP contribution in [0.3, 0.4) is 0 Å². The molecule has 0 fully saturated rings. The molecule has 0 saturated carbocycles. The summed E-state index contributed by atoms with van der Waals surface area (Å²) in [5, 5.41) is 0.845. The van der Waals surface area contributed by atoms with Crippen molar-refractivity contribution in [3.8, 4) is 0 Å². The second-order valence-electron chi connectivity index (χ2n) is 5.05. The molecule has 0 atom stereocenters. The zero-order valence-electron chi connectivity index (χ0n) is 10.9. The third-order valence-corrected chi connectivity index (χ3v) is 3.96. The van der Waals surface area contributed by atoms with Crippen molar-refractivity contribution >= 4 is 22.5 Å². The molecule has 1 aliphatic carbocycles. The number of aryl methyl sites for hydroxylation is 1. The molecule has 96 valence electrons. The summed E-state index contributed by atoms with van der Waals surface area (Å²) in [6.07, 6.45) is 1.91. The highest BCUT2D eigenvalue weighted by Crippen LogP contribution is 2.32. The van der Waals surface area contributed by atoms with Crippen molar-refractivity contribution in [3.05, 3.63) is 70.9 Å². The van der Waals surface area contributed by atoms with E-state index in [1.54, 1.807) is 30.3 Å². The van der Waals surface area contributed by atoms with E-state index in [9.17, 15) is 9.59 Å². The summed E-state index contributed by atoms with van der Waals surface area (Å²) < 4.78 is 1.95. The molecule has 1 heterocycles. The summed E-state index contributed by atoms with van der Waals surface area (Å²) in [4.78, 5) is 25.3. The number of aromatic nitrogens is 1. The zero-order chi connectivity index (χ0) is 13.9. The van der Waals surface area contributed by atoms with E-state index in [0.717, 1.165) is 10.9 Å². The summed E-state index contributed by atoms with van der Waals surface area (Å²) in [5.74, 6) is -0.132. The predicted molar refractivity (Wildman–Crippen MR) is 76.2 cm³/mol. The fourth-order valence-electron chi connectivity index (χ4n) is 2.94. The number of carbonyl (C=O) groups excluding carboxylic acids is 2. The van der Waals surface area contributed by atoms with Crippen LogP contribution in [0.5, 0.6) is 0 Å². The van der Waals surface area contributed by atoms with Gasteiger partial charge in [0, 0.05) is 46.4 Å². The number of rotatable bonds is 0. The first-order valence-corrected chi connectivity index (χ1v) is 6.45. The molecule has 3 aromatic rings. The first kappa shape index (κ1) is 11.2. The Labute approximate surface area is 115 Å². The number of benzene rings is 2. The van der Waals surface area contributed by atoms with Gasteiger partial charge >= 0.3 is 0 Å². The van der Waals surface area contributed by atoms with Gasteiger partial charge in [-0.3, -0.25) is 9.59 Å². The SMILES string of the molecule is Cn1ccc2c3c(ccc21)C(=O)c1ccccc1C3=O. The Kier molecular flexibility index (Phi) is 2.05. The molecular formula is C17H11NO2. The standard InChI is InChI=1S/C17H11NO2/c1-18-9-8-12-14(18)7-6-13-15(12)17(20)11-5-3-2-4-10(11)16(13)19/h2-9H,1H3. The smallest absolute Gasteiger partial charge is 0.195 e. The maximum atomic E-state index is 12.7. The van der Waals surface area contributed by atoms with Crippen LogP contribution < -0.4 is 0 Å². The average molecular weight is 261 g/mol. The minimum Gasteiger partial charge on any atom is -0.351 e. The first-order valence-electron chi connectivity index (χ1n) is 6.45. The highest BCUT2D eigenvalue weighted by atomic mass is 16.1. The summed E-state index contributed by atoms with van der Waals surface area (Å²) in [5.41, 5.74) is 3.00. The largest absolute Gasteiger partial charge is 0.351 e. The van der Waals surface area contributed by atoms with E-state index in [-0.39, 0.29) is 11.6 Å². The summed E-state index contributed by atoms with van der Waals surface area (Å²) in [7, 11) is 1.93. The van der Waals surface area contributed by atoms with Gasteiger partial charge in [-0.25, -0.2) is 0 Å². The summed E-state index contributed by atoms with van der Waals surface area (Å²) >= 11 is 0. The van der Waals surface area contributed by atoms with Gasteiger partial charge in [-0.2, -0.15) is 0 Å². The number of carbonyl (C=O) groups is 2. The lowest BCUT2D eigenvalue weighted by molar-refractivity contribution is 0.0980. The Bertz CT molecular complexity index is 902. The van der Waals surface area contributed by atoms with E-state index in [1.807, 2.05) is 29.9 Å². The maximum Gasteiger partial charge on any atom is 0.195 e. The lowest BCUT2D eigenvalue weighted by Crippen LogP contribution is -2.20. The lowest BCUT2D eigenvalue weighted by atomic mass is 9.82. The summed E-state index contributed by atoms with van der Waals surface area (Å²) in [6, 6.07) is 12.6. The predicted octanol–water partition coefficient (Wildman–Crippen LogP) is 2.95. The second kappa shape index (κ2) is 3.67. The van der Waals surface area contributed by atoms with E-state index >= 15 is 0 Å². The van der Waals surface area contributed by atoms with Crippen LogP contribution in [0.15, 0.2) is 48.7 Å². The Morgan fingerprint density at radius 3 is 2.25 bits per heavy atom. The molecule has 0 saturated heterocycles. The molecule has 1 aliphatic rings. The van der Waals surface area contributed by atoms with Gasteiger partial charge in [-0.1, -0.05) is 24.3 Å². The normalized spacial score (nSPS) is 13.4. The van der Waals surface area contributed by atoms with Gasteiger partial charge in [0.05, 0.1) is 0 Å². The quantitative estimate of drug-likeness (QED) is 0.488. The Balaban J connectivity index is 2.13. The van der Waals surface area contributed by atoms with E-state index in [0.29, 0.717) is 22.3 Å². The third kappa shape index (κ3) is 1.24. The van der Waals surface area contributed by atoms with E-state index in [1.165, 1.54) is 0 Å². The van der Waals surface area contributed by atoms with E-state index < -0.39 is 0 Å². The molecule has 0 bridgehead atoms. The van der Waals surface area contributed by atoms with Crippen molar-refractivity contribution in [2.24, 2.45) is 7.05 Å². The third-order valence-electron chi connectivity index (χ3n) is 3.96. The molecule has 0 spiro atoms. The van der Waals surface area contributed by atoms with E-state index in [4.69, 9.17) is 0 Å². The highest BCUT2D eigenvalue weighted by molar-refractivity contribution is 6.32. The second-order valence-corrected chi connectivity index (χ2v) is 5.05. The van der Waals surface area contributed by atoms with Gasteiger partial charge in [-0.15, -0.1) is 0 Å². The van der Waals surface area contributed by atoms with Crippen molar-refractivity contribution in [3.63, 3.8) is 0 Å². The number of ketones is 2. The average Bonchev–Trinajstić information content (AvgIpc) is 2.86. The van der Waals surface area contributed by atoms with Gasteiger partial charge in [0.2, 0.25) is 0 Å². The molecule has 0 amide bonds. The van der Waals surface area contributed by atoms with Crippen molar-refractivity contribution in [2.75, 3.05) is 0 Å². The number of hydrogen-bond donors (Lipinski definition) is 0. The molecule has 3 nitrogen and oxygen atoms in total. The van der Waals surface area contributed by atoms with Crippen LogP contribution in [0.4, 0.5) is 0 Å². The monoisotopic (exact) mass is 261 g/mol. The van der Waals surface area contributed by atoms with Crippen LogP contribution in [0, 0.1) is 0 Å². The fourth-order valence-corrected chi connectivity index (χ4v) is 2.94. The van der Waals surface area contributed by atoms with Crippen molar-refractivity contribution < 1.29 is 9.59 Å². The van der Waals surface area contributed by atoms with Crippen LogP contribution in [-0.4, -0.2) is 16.1 Å². The van der Waals surface area contributed by atoms with Gasteiger partial charge in [0.25, 0.3) is 0 Å². The van der Waals surface area contributed by atoms with Crippen LogP contribution in [0.2, 0.25) is 0 Å². The van der Waals surface area contributed by atoms with Crippen molar-refractivity contribution in [2.45, 2.75) is 0 Å². The molecular weight excluding hydrogens is 250 g/mol. The molecule has 2 aromatic carbocycles. The van der Waals surface area contributed by atoms with Gasteiger partial charge in [0.1, 0.15) is 0 Å². The molecule has 20 heavy (non-hydrogen) atoms. The van der Waals surface area contributed by atoms with E-state index in [2.05, 4.69) is 0 Å². The Hall–Kier alpha value is -2.68. The topological polar surface area (TPSA) is 39.1 Å². The number of hydrogen-bond acceptors (Lipinski definition) is 2. The van der Waals surface area contributed by atoms with Gasteiger partial charge in [-0.05, 0) is 18.2 Å². The van der Waals surface area contributed by atoms with Crippen LogP contribution in [0.1, 0.15) is 31.8 Å². The fraction of sp³-hybridized carbons (Fsp3) is 0.0588. The van der Waals surface area contributed by atoms with Crippen LogP contribution >= 0.6 is 0 Å². The van der Waals surface area contributed by atoms with Gasteiger partial charge < -0.3 is 4.57 Å². The minimum absolute atomic E-state index is 0.0630.